The summed E-state index contributed by atoms with van der Waals surface area (Å²) in [6.45, 7) is 2.12. The molecular formula is C29H33N5O5. The number of azo groups is 1. The van der Waals surface area contributed by atoms with E-state index in [4.69, 9.17) is 19.3 Å². The van der Waals surface area contributed by atoms with Crippen molar-refractivity contribution in [2.24, 2.45) is 10.2 Å². The minimum Gasteiger partial charge on any atom is -0.493 e. The molecule has 0 saturated heterocycles. The first kappa shape index (κ1) is 27.6. The van der Waals surface area contributed by atoms with Crippen molar-refractivity contribution in [1.82, 2.24) is 15.1 Å². The molecule has 0 bridgehead atoms. The SMILES string of the molecule is COc1ccc(-c2[nH][nH]c(=O)c2N=Nc2ccc(OCCCN(C)CCO)c(-c3ccccc3)c2)cc1OC. The van der Waals surface area contributed by atoms with Gasteiger partial charge >= 0.3 is 0 Å². The summed E-state index contributed by atoms with van der Waals surface area (Å²) in [5.74, 6) is 1.84. The predicted octanol–water partition coefficient (Wildman–Crippen LogP) is 5.16. The van der Waals surface area contributed by atoms with Crippen molar-refractivity contribution in [2.75, 3.05) is 47.6 Å². The standard InChI is InChI=1S/C29H33N5O5/c1-34(15-16-35)14-7-17-39-24-13-11-22(19-23(24)20-8-5-4-6-9-20)30-32-28-27(31-33-29(28)36)21-10-12-25(37-2)26(18-21)38-3/h4-6,8-13,18-19,35H,7,14-17H2,1-3H3,(H2,31,33,36). The highest BCUT2D eigenvalue weighted by Crippen LogP contribution is 2.36. The number of aliphatic hydroxyl groups is 1. The third kappa shape index (κ3) is 6.92. The number of rotatable bonds is 13. The lowest BCUT2D eigenvalue weighted by molar-refractivity contribution is 0.208. The Labute approximate surface area is 226 Å². The Morgan fingerprint density at radius 3 is 2.36 bits per heavy atom. The molecule has 4 rings (SSSR count). The minimum atomic E-state index is -0.391. The monoisotopic (exact) mass is 531 g/mol. The topological polar surface area (TPSA) is 125 Å². The van der Waals surface area contributed by atoms with Crippen molar-refractivity contribution < 1.29 is 19.3 Å². The van der Waals surface area contributed by atoms with E-state index in [0.29, 0.717) is 41.6 Å². The van der Waals surface area contributed by atoms with Gasteiger partial charge in [-0.15, -0.1) is 5.11 Å². The molecule has 0 spiro atoms. The summed E-state index contributed by atoms with van der Waals surface area (Å²) in [5.41, 5.74) is 3.36. The van der Waals surface area contributed by atoms with E-state index in [-0.39, 0.29) is 12.3 Å². The highest BCUT2D eigenvalue weighted by molar-refractivity contribution is 5.75. The first-order chi connectivity index (χ1) is 19.0. The van der Waals surface area contributed by atoms with Gasteiger partial charge in [-0.3, -0.25) is 15.0 Å². The highest BCUT2D eigenvalue weighted by Gasteiger charge is 2.15. The molecule has 1 heterocycles. The second-order valence-electron chi connectivity index (χ2n) is 8.85. The van der Waals surface area contributed by atoms with E-state index in [1.54, 1.807) is 38.5 Å². The van der Waals surface area contributed by atoms with Crippen LogP contribution in [0.4, 0.5) is 11.4 Å². The Balaban J connectivity index is 1.59. The molecule has 0 atom stereocenters. The summed E-state index contributed by atoms with van der Waals surface area (Å²) < 4.78 is 16.8. The van der Waals surface area contributed by atoms with Crippen molar-refractivity contribution in [1.29, 1.82) is 0 Å². The smallest absolute Gasteiger partial charge is 0.292 e. The second kappa shape index (κ2) is 13.4. The number of aromatic amines is 2. The van der Waals surface area contributed by atoms with Crippen LogP contribution in [0.15, 0.2) is 81.8 Å². The number of methoxy groups -OCH3 is 2. The molecule has 4 aromatic rings. The van der Waals surface area contributed by atoms with Gasteiger partial charge in [0.1, 0.15) is 5.75 Å². The van der Waals surface area contributed by atoms with Crippen molar-refractivity contribution >= 4 is 11.4 Å². The Morgan fingerprint density at radius 2 is 1.62 bits per heavy atom. The maximum atomic E-state index is 12.6. The minimum absolute atomic E-state index is 0.135. The molecule has 204 valence electrons. The van der Waals surface area contributed by atoms with Gasteiger partial charge in [0.2, 0.25) is 0 Å². The maximum Gasteiger partial charge on any atom is 0.292 e. The fourth-order valence-corrected chi connectivity index (χ4v) is 4.10. The maximum absolute atomic E-state index is 12.6. The summed E-state index contributed by atoms with van der Waals surface area (Å²) in [5, 5.41) is 23.2. The molecule has 0 amide bonds. The lowest BCUT2D eigenvalue weighted by atomic mass is 10.0. The fraction of sp³-hybridized carbons (Fsp3) is 0.276. The molecule has 0 aliphatic rings. The number of hydrogen-bond donors (Lipinski definition) is 3. The van der Waals surface area contributed by atoms with Gasteiger partial charge < -0.3 is 24.2 Å². The number of ether oxygens (including phenoxy) is 3. The largest absolute Gasteiger partial charge is 0.493 e. The van der Waals surface area contributed by atoms with Crippen LogP contribution in [0.3, 0.4) is 0 Å². The van der Waals surface area contributed by atoms with Crippen LogP contribution in [0, 0.1) is 0 Å². The Kier molecular flexibility index (Phi) is 9.49. The summed E-state index contributed by atoms with van der Waals surface area (Å²) in [7, 11) is 5.08. The normalized spacial score (nSPS) is 11.3. The van der Waals surface area contributed by atoms with E-state index in [1.165, 1.54) is 0 Å². The first-order valence-electron chi connectivity index (χ1n) is 12.6. The quantitative estimate of drug-likeness (QED) is 0.162. The number of H-pyrrole nitrogens is 2. The van der Waals surface area contributed by atoms with Gasteiger partial charge in [0.15, 0.2) is 17.2 Å². The lowest BCUT2D eigenvalue weighted by Crippen LogP contribution is -2.24. The van der Waals surface area contributed by atoms with Gasteiger partial charge in [0, 0.05) is 24.2 Å². The van der Waals surface area contributed by atoms with E-state index in [2.05, 4.69) is 25.3 Å². The van der Waals surface area contributed by atoms with Crippen molar-refractivity contribution in [3.63, 3.8) is 0 Å². The van der Waals surface area contributed by atoms with E-state index < -0.39 is 5.56 Å². The van der Waals surface area contributed by atoms with Gasteiger partial charge in [-0.05, 0) is 55.4 Å². The molecule has 10 nitrogen and oxygen atoms in total. The lowest BCUT2D eigenvalue weighted by Gasteiger charge is -2.16. The molecule has 3 aromatic carbocycles. The number of nitrogens with zero attached hydrogens (tertiary/aromatic N) is 3. The van der Waals surface area contributed by atoms with Gasteiger partial charge in [-0.25, -0.2) is 0 Å². The van der Waals surface area contributed by atoms with E-state index >= 15 is 0 Å². The zero-order valence-corrected chi connectivity index (χ0v) is 22.3. The van der Waals surface area contributed by atoms with Crippen LogP contribution in [0.1, 0.15) is 6.42 Å². The summed E-state index contributed by atoms with van der Waals surface area (Å²) >= 11 is 0. The summed E-state index contributed by atoms with van der Waals surface area (Å²) in [6.07, 6.45) is 0.821. The molecule has 0 unspecified atom stereocenters. The Hall–Kier alpha value is -4.41. The number of hydrogen-bond acceptors (Lipinski definition) is 8. The van der Waals surface area contributed by atoms with Gasteiger partial charge in [-0.2, -0.15) is 5.11 Å². The van der Waals surface area contributed by atoms with Gasteiger partial charge in [0.05, 0.1) is 38.8 Å². The molecule has 1 aromatic heterocycles. The molecular weight excluding hydrogens is 498 g/mol. The molecule has 3 N–H and O–H groups in total. The Morgan fingerprint density at radius 1 is 0.846 bits per heavy atom. The third-order valence-corrected chi connectivity index (χ3v) is 6.16. The predicted molar refractivity (Wildman–Crippen MR) is 151 cm³/mol. The number of aliphatic hydroxyl groups excluding tert-OH is 1. The zero-order chi connectivity index (χ0) is 27.6. The number of benzene rings is 3. The molecule has 0 aliphatic heterocycles. The van der Waals surface area contributed by atoms with Gasteiger partial charge in [0.25, 0.3) is 5.56 Å². The van der Waals surface area contributed by atoms with Crippen LogP contribution in [0.5, 0.6) is 17.2 Å². The summed E-state index contributed by atoms with van der Waals surface area (Å²) in [4.78, 5) is 14.6. The number of likely N-dealkylation sites (N-methyl/N-ethyl adjacent to an activating group) is 1. The van der Waals surface area contributed by atoms with Crippen LogP contribution in [-0.4, -0.2) is 67.8 Å². The van der Waals surface area contributed by atoms with E-state index in [1.807, 2.05) is 49.5 Å². The molecule has 10 heteroatoms. The molecule has 0 fully saturated rings. The zero-order valence-electron chi connectivity index (χ0n) is 22.3. The average Bonchev–Trinajstić information content (AvgIpc) is 3.34. The van der Waals surface area contributed by atoms with Crippen LogP contribution in [0.2, 0.25) is 0 Å². The first-order valence-corrected chi connectivity index (χ1v) is 12.6. The van der Waals surface area contributed by atoms with Crippen LogP contribution >= 0.6 is 0 Å². The highest BCUT2D eigenvalue weighted by atomic mass is 16.5. The second-order valence-corrected chi connectivity index (χ2v) is 8.85. The van der Waals surface area contributed by atoms with Crippen molar-refractivity contribution in [3.8, 4) is 39.6 Å². The van der Waals surface area contributed by atoms with Gasteiger partial charge in [-0.1, -0.05) is 30.3 Å². The van der Waals surface area contributed by atoms with Crippen LogP contribution < -0.4 is 19.8 Å². The summed E-state index contributed by atoms with van der Waals surface area (Å²) in [6, 6.07) is 20.8. The van der Waals surface area contributed by atoms with E-state index in [0.717, 1.165) is 29.8 Å². The molecule has 0 aliphatic carbocycles. The van der Waals surface area contributed by atoms with Crippen LogP contribution in [0.25, 0.3) is 22.4 Å². The van der Waals surface area contributed by atoms with E-state index in [9.17, 15) is 4.79 Å². The fourth-order valence-electron chi connectivity index (χ4n) is 4.10. The molecule has 0 radical (unpaired) electrons. The number of aromatic nitrogens is 2. The molecule has 39 heavy (non-hydrogen) atoms. The molecule has 0 saturated carbocycles. The van der Waals surface area contributed by atoms with Crippen molar-refractivity contribution in [2.45, 2.75) is 6.42 Å². The third-order valence-electron chi connectivity index (χ3n) is 6.16. The Bertz CT molecular complexity index is 1450. The van der Waals surface area contributed by atoms with Crippen molar-refractivity contribution in [3.05, 3.63) is 77.1 Å². The number of nitrogens with one attached hydrogen (secondary N) is 2. The average molecular weight is 532 g/mol. The van der Waals surface area contributed by atoms with Crippen LogP contribution in [-0.2, 0) is 0 Å².